The number of nitrogens with zero attached hydrogens (tertiary/aromatic N) is 2. The quantitative estimate of drug-likeness (QED) is 0.165. The molecule has 0 bridgehead atoms. The number of aromatic nitrogens is 2. The second-order valence-corrected chi connectivity index (χ2v) is 15.0. The van der Waals surface area contributed by atoms with Gasteiger partial charge in [-0.15, -0.1) is 0 Å². The van der Waals surface area contributed by atoms with E-state index >= 15 is 0 Å². The average molecular weight is 725 g/mol. The highest BCUT2D eigenvalue weighted by molar-refractivity contribution is 6.21. The van der Waals surface area contributed by atoms with Gasteiger partial charge in [0.1, 0.15) is 0 Å². The Kier molecular flexibility index (Phi) is 7.75. The van der Waals surface area contributed by atoms with Gasteiger partial charge in [-0.1, -0.05) is 182 Å². The Labute approximate surface area is 331 Å². The molecule has 11 rings (SSSR count). The average Bonchev–Trinajstić information content (AvgIpc) is 3.28. The van der Waals surface area contributed by atoms with Crippen LogP contribution < -0.4 is 0 Å². The molecule has 1 aromatic heterocycles. The molecule has 2 nitrogen and oxygen atoms in total. The van der Waals surface area contributed by atoms with E-state index in [1.54, 1.807) is 0 Å². The van der Waals surface area contributed by atoms with Crippen molar-refractivity contribution in [2.45, 2.75) is 6.92 Å². The number of fused-ring (bicyclic) bond motifs is 7. The van der Waals surface area contributed by atoms with E-state index < -0.39 is 0 Å². The summed E-state index contributed by atoms with van der Waals surface area (Å²) in [7, 11) is 0. The molecule has 2 heteroatoms. The number of aryl methyl sites for hydroxylation is 1. The van der Waals surface area contributed by atoms with E-state index in [1.807, 2.05) is 30.6 Å². The van der Waals surface area contributed by atoms with Crippen LogP contribution in [0.1, 0.15) is 5.56 Å². The molecule has 0 saturated heterocycles. The first-order valence-electron chi connectivity index (χ1n) is 19.6. The third-order valence-corrected chi connectivity index (χ3v) is 11.7. The van der Waals surface area contributed by atoms with Crippen LogP contribution in [0.2, 0.25) is 0 Å². The zero-order valence-electron chi connectivity index (χ0n) is 31.4. The van der Waals surface area contributed by atoms with E-state index in [4.69, 9.17) is 9.97 Å². The van der Waals surface area contributed by atoms with E-state index in [1.165, 1.54) is 87.4 Å². The molecule has 0 radical (unpaired) electrons. The molecule has 10 aromatic carbocycles. The first-order chi connectivity index (χ1) is 28.2. The van der Waals surface area contributed by atoms with Gasteiger partial charge in [0, 0.05) is 11.1 Å². The van der Waals surface area contributed by atoms with Crippen molar-refractivity contribution in [2.24, 2.45) is 0 Å². The molecule has 266 valence electrons. The highest BCUT2D eigenvalue weighted by atomic mass is 14.8. The lowest BCUT2D eigenvalue weighted by Gasteiger charge is -2.16. The summed E-state index contributed by atoms with van der Waals surface area (Å²) in [6, 6.07) is 68.3. The summed E-state index contributed by atoms with van der Waals surface area (Å²) in [5.41, 5.74) is 12.5. The maximum atomic E-state index is 4.84. The van der Waals surface area contributed by atoms with E-state index in [-0.39, 0.29) is 0 Å². The van der Waals surface area contributed by atoms with Crippen LogP contribution in [-0.2, 0) is 0 Å². The van der Waals surface area contributed by atoms with Crippen molar-refractivity contribution in [1.29, 1.82) is 0 Å². The van der Waals surface area contributed by atoms with Crippen LogP contribution >= 0.6 is 0 Å². The monoisotopic (exact) mass is 724 g/mol. The van der Waals surface area contributed by atoms with Crippen molar-refractivity contribution in [3.05, 3.63) is 206 Å². The van der Waals surface area contributed by atoms with Crippen LogP contribution in [0, 0.1) is 6.92 Å². The largest absolute Gasteiger partial charge is 0.252 e. The molecule has 0 aliphatic rings. The smallest absolute Gasteiger partial charge is 0.0891 e. The molecule has 0 N–H and O–H groups in total. The molecule has 0 saturated carbocycles. The Hall–Kier alpha value is -7.42. The highest BCUT2D eigenvalue weighted by Crippen LogP contribution is 2.42. The van der Waals surface area contributed by atoms with Crippen molar-refractivity contribution in [3.8, 4) is 55.9 Å². The number of rotatable bonds is 5. The fourth-order valence-corrected chi connectivity index (χ4v) is 8.93. The summed E-state index contributed by atoms with van der Waals surface area (Å²) < 4.78 is 0. The van der Waals surface area contributed by atoms with Crippen molar-refractivity contribution in [3.63, 3.8) is 0 Å². The molecule has 0 aliphatic heterocycles. The fraction of sp³-hybridized carbons (Fsp3) is 0.0182. The van der Waals surface area contributed by atoms with Gasteiger partial charge in [-0.3, -0.25) is 9.97 Å². The summed E-state index contributed by atoms with van der Waals surface area (Å²) in [6.45, 7) is 2.23. The van der Waals surface area contributed by atoms with Crippen molar-refractivity contribution >= 4 is 53.9 Å². The van der Waals surface area contributed by atoms with Crippen LogP contribution in [-0.4, -0.2) is 9.97 Å². The van der Waals surface area contributed by atoms with Gasteiger partial charge in [-0.25, -0.2) is 0 Å². The minimum Gasteiger partial charge on any atom is -0.252 e. The van der Waals surface area contributed by atoms with Crippen LogP contribution in [0.4, 0.5) is 0 Å². The van der Waals surface area contributed by atoms with Gasteiger partial charge in [0.15, 0.2) is 0 Å². The van der Waals surface area contributed by atoms with E-state index in [0.717, 1.165) is 27.9 Å². The summed E-state index contributed by atoms with van der Waals surface area (Å²) in [4.78, 5) is 9.61. The van der Waals surface area contributed by atoms with Gasteiger partial charge < -0.3 is 0 Å². The van der Waals surface area contributed by atoms with E-state index in [2.05, 4.69) is 177 Å². The SMILES string of the molecule is Cc1cccc2ccc3cccc(-c4cccc5ccc6cc(-c7ccc(-c8ccc(-c9cnc(-c%10ccccc%10)cn9)c9ccccc89)cc7)ccc6c45)c3c12. The maximum Gasteiger partial charge on any atom is 0.0891 e. The van der Waals surface area contributed by atoms with Gasteiger partial charge >= 0.3 is 0 Å². The van der Waals surface area contributed by atoms with Crippen LogP contribution in [0.3, 0.4) is 0 Å². The second kappa shape index (κ2) is 13.4. The first-order valence-corrected chi connectivity index (χ1v) is 19.6. The Morgan fingerprint density at radius 2 is 0.860 bits per heavy atom. The van der Waals surface area contributed by atoms with Crippen molar-refractivity contribution in [2.75, 3.05) is 0 Å². The third kappa shape index (κ3) is 5.57. The Bertz CT molecular complexity index is 3330. The molecule has 0 fully saturated rings. The summed E-state index contributed by atoms with van der Waals surface area (Å²) in [5.74, 6) is 0. The van der Waals surface area contributed by atoms with Gasteiger partial charge in [0.05, 0.1) is 23.8 Å². The van der Waals surface area contributed by atoms with Gasteiger partial charge in [0.25, 0.3) is 0 Å². The normalized spacial score (nSPS) is 11.6. The van der Waals surface area contributed by atoms with E-state index in [0.29, 0.717) is 0 Å². The van der Waals surface area contributed by atoms with Crippen molar-refractivity contribution in [1.82, 2.24) is 9.97 Å². The molecule has 0 spiro atoms. The van der Waals surface area contributed by atoms with Crippen LogP contribution in [0.15, 0.2) is 200 Å². The molecule has 0 aliphatic carbocycles. The predicted molar refractivity (Wildman–Crippen MR) is 241 cm³/mol. The molecular weight excluding hydrogens is 689 g/mol. The zero-order valence-corrected chi connectivity index (χ0v) is 31.4. The minimum absolute atomic E-state index is 0.865. The standard InChI is InChI=1S/C55H36N2/c1-35-10-7-13-39-24-25-41-15-9-19-50(55(41)53(35)39)49-18-8-14-40-26-27-43-32-42(28-29-45(43)54(40)49)36-20-22-37(23-21-36)44-30-31-48(47-17-6-5-16-46(44)47)52-34-56-51(33-57-52)38-11-3-2-4-12-38/h2-34H,1H3. The third-order valence-electron chi connectivity index (χ3n) is 11.7. The minimum atomic E-state index is 0.865. The lowest BCUT2D eigenvalue weighted by Crippen LogP contribution is -1.91. The summed E-state index contributed by atoms with van der Waals surface area (Å²) >= 11 is 0. The lowest BCUT2D eigenvalue weighted by molar-refractivity contribution is 1.21. The molecule has 0 unspecified atom stereocenters. The maximum absolute atomic E-state index is 4.84. The van der Waals surface area contributed by atoms with Gasteiger partial charge in [0.2, 0.25) is 0 Å². The zero-order chi connectivity index (χ0) is 37.9. The number of hydrogen-bond donors (Lipinski definition) is 0. The van der Waals surface area contributed by atoms with Gasteiger partial charge in [-0.2, -0.15) is 0 Å². The highest BCUT2D eigenvalue weighted by Gasteiger charge is 2.15. The second-order valence-electron chi connectivity index (χ2n) is 15.0. The topological polar surface area (TPSA) is 25.8 Å². The fourth-order valence-electron chi connectivity index (χ4n) is 8.93. The first kappa shape index (κ1) is 33.0. The summed E-state index contributed by atoms with van der Waals surface area (Å²) in [5, 5.41) is 12.6. The molecule has 0 atom stereocenters. The van der Waals surface area contributed by atoms with Crippen molar-refractivity contribution < 1.29 is 0 Å². The van der Waals surface area contributed by atoms with E-state index in [9.17, 15) is 0 Å². The lowest BCUT2D eigenvalue weighted by atomic mass is 9.88. The number of hydrogen-bond acceptors (Lipinski definition) is 2. The Morgan fingerprint density at radius 1 is 0.298 bits per heavy atom. The molecule has 1 heterocycles. The van der Waals surface area contributed by atoms with Crippen LogP contribution in [0.5, 0.6) is 0 Å². The predicted octanol–water partition coefficient (Wildman–Crippen LogP) is 14.9. The molecule has 57 heavy (non-hydrogen) atoms. The Morgan fingerprint density at radius 3 is 1.60 bits per heavy atom. The molecule has 0 amide bonds. The van der Waals surface area contributed by atoms with Crippen LogP contribution in [0.25, 0.3) is 110 Å². The van der Waals surface area contributed by atoms with Gasteiger partial charge in [-0.05, 0) is 106 Å². The molecular formula is C55H36N2. The number of benzene rings is 10. The summed E-state index contributed by atoms with van der Waals surface area (Å²) in [6.07, 6.45) is 3.76. The molecule has 11 aromatic rings. The Balaban J connectivity index is 0.962.